The minimum absolute atomic E-state index is 0.173. The summed E-state index contributed by atoms with van der Waals surface area (Å²) in [4.78, 5) is 27.0. The van der Waals surface area contributed by atoms with Crippen LogP contribution in [0.3, 0.4) is 0 Å². The van der Waals surface area contributed by atoms with E-state index >= 15 is 0 Å². The number of benzene rings is 2. The zero-order valence-electron chi connectivity index (χ0n) is 18.7. The summed E-state index contributed by atoms with van der Waals surface area (Å²) in [5.74, 6) is -0.200. The molecular formula is C24H29N5O2S. The van der Waals surface area contributed by atoms with Gasteiger partial charge in [-0.05, 0) is 32.8 Å². The molecule has 2 aromatic carbocycles. The molecule has 2 N–H and O–H groups in total. The first kappa shape index (κ1) is 23.4. The Morgan fingerprint density at radius 1 is 0.938 bits per heavy atom. The number of hydrogen-bond donors (Lipinski definition) is 2. The molecule has 168 valence electrons. The van der Waals surface area contributed by atoms with E-state index in [0.29, 0.717) is 18.2 Å². The average molecular weight is 452 g/mol. The van der Waals surface area contributed by atoms with Gasteiger partial charge in [0, 0.05) is 30.6 Å². The Morgan fingerprint density at radius 3 is 2.25 bits per heavy atom. The number of anilines is 1. The molecule has 3 amide bonds. The number of nitrogens with one attached hydrogen (secondary N) is 2. The third kappa shape index (κ3) is 7.46. The standard InChI is InChI=1S/C24H29N5O2S/c1-24(2,3)26-23(31)29(16-14-18-10-6-4-7-11-18)17-15-20(30)25-22-28-27-21(32-22)19-12-8-5-9-13-19/h4-13H,14-17H2,1-3H3,(H,26,31)(H,25,28,30). The lowest BCUT2D eigenvalue weighted by Gasteiger charge is -2.28. The largest absolute Gasteiger partial charge is 0.333 e. The van der Waals surface area contributed by atoms with Crippen molar-refractivity contribution in [3.8, 4) is 10.6 Å². The lowest BCUT2D eigenvalue weighted by molar-refractivity contribution is -0.116. The smallest absolute Gasteiger partial charge is 0.317 e. The first-order valence-electron chi connectivity index (χ1n) is 10.6. The van der Waals surface area contributed by atoms with E-state index in [2.05, 4.69) is 20.8 Å². The van der Waals surface area contributed by atoms with E-state index < -0.39 is 0 Å². The molecule has 0 fully saturated rings. The minimum Gasteiger partial charge on any atom is -0.333 e. The maximum Gasteiger partial charge on any atom is 0.317 e. The monoisotopic (exact) mass is 451 g/mol. The lowest BCUT2D eigenvalue weighted by atomic mass is 10.1. The Kier molecular flexibility index (Phi) is 7.94. The molecule has 3 rings (SSSR count). The van der Waals surface area contributed by atoms with Gasteiger partial charge in [-0.3, -0.25) is 4.79 Å². The molecule has 0 unspecified atom stereocenters. The van der Waals surface area contributed by atoms with Crippen molar-refractivity contribution in [1.29, 1.82) is 0 Å². The van der Waals surface area contributed by atoms with E-state index in [0.717, 1.165) is 22.6 Å². The third-order valence-corrected chi connectivity index (χ3v) is 5.47. The molecule has 0 aliphatic rings. The van der Waals surface area contributed by atoms with E-state index in [1.165, 1.54) is 11.3 Å². The van der Waals surface area contributed by atoms with Gasteiger partial charge in [0.05, 0.1) is 0 Å². The Balaban J connectivity index is 1.57. The van der Waals surface area contributed by atoms with Crippen LogP contribution in [0.4, 0.5) is 9.93 Å². The second-order valence-corrected chi connectivity index (χ2v) is 9.46. The maximum atomic E-state index is 12.8. The molecule has 1 heterocycles. The normalized spacial score (nSPS) is 11.1. The SMILES string of the molecule is CC(C)(C)NC(=O)N(CCC(=O)Nc1nnc(-c2ccccc2)s1)CCc1ccccc1. The Bertz CT molecular complexity index is 1020. The number of hydrogen-bond acceptors (Lipinski definition) is 5. The Morgan fingerprint density at radius 2 is 1.59 bits per heavy atom. The van der Waals surface area contributed by atoms with Crippen LogP contribution in [0.25, 0.3) is 10.6 Å². The highest BCUT2D eigenvalue weighted by Gasteiger charge is 2.20. The number of amides is 3. The van der Waals surface area contributed by atoms with Crippen LogP contribution in [0.15, 0.2) is 60.7 Å². The average Bonchev–Trinajstić information content (AvgIpc) is 3.22. The minimum atomic E-state index is -0.356. The second kappa shape index (κ2) is 10.9. The van der Waals surface area contributed by atoms with Crippen LogP contribution in [-0.4, -0.2) is 45.7 Å². The van der Waals surface area contributed by atoms with Gasteiger partial charge in [0.25, 0.3) is 0 Å². The van der Waals surface area contributed by atoms with Crippen molar-refractivity contribution < 1.29 is 9.59 Å². The number of nitrogens with zero attached hydrogens (tertiary/aromatic N) is 3. The third-order valence-electron chi connectivity index (χ3n) is 4.58. The van der Waals surface area contributed by atoms with Gasteiger partial charge in [-0.2, -0.15) is 0 Å². The Labute approximate surface area is 192 Å². The molecule has 0 saturated carbocycles. The summed E-state index contributed by atoms with van der Waals surface area (Å²) in [6, 6.07) is 19.5. The summed E-state index contributed by atoms with van der Waals surface area (Å²) in [6.07, 6.45) is 0.892. The van der Waals surface area contributed by atoms with Crippen LogP contribution < -0.4 is 10.6 Å². The van der Waals surface area contributed by atoms with Gasteiger partial charge in [0.1, 0.15) is 5.01 Å². The van der Waals surface area contributed by atoms with E-state index in [4.69, 9.17) is 0 Å². The summed E-state index contributed by atoms with van der Waals surface area (Å²) in [7, 11) is 0. The molecule has 0 saturated heterocycles. The molecule has 3 aromatic rings. The molecule has 0 spiro atoms. The zero-order chi connectivity index (χ0) is 23.0. The molecule has 7 nitrogen and oxygen atoms in total. The van der Waals surface area contributed by atoms with Gasteiger partial charge in [0.15, 0.2) is 0 Å². The predicted molar refractivity (Wildman–Crippen MR) is 129 cm³/mol. The molecule has 32 heavy (non-hydrogen) atoms. The maximum absolute atomic E-state index is 12.8. The van der Waals surface area contributed by atoms with E-state index in [1.807, 2.05) is 81.4 Å². The van der Waals surface area contributed by atoms with E-state index in [9.17, 15) is 9.59 Å². The van der Waals surface area contributed by atoms with Gasteiger partial charge >= 0.3 is 6.03 Å². The second-order valence-electron chi connectivity index (χ2n) is 8.48. The van der Waals surface area contributed by atoms with Gasteiger partial charge in [0.2, 0.25) is 11.0 Å². The van der Waals surface area contributed by atoms with Gasteiger partial charge in [-0.15, -0.1) is 10.2 Å². The van der Waals surface area contributed by atoms with Crippen molar-refractivity contribution in [2.24, 2.45) is 0 Å². The van der Waals surface area contributed by atoms with Crippen LogP contribution in [-0.2, 0) is 11.2 Å². The summed E-state index contributed by atoms with van der Waals surface area (Å²) >= 11 is 1.32. The predicted octanol–water partition coefficient (Wildman–Crippen LogP) is 4.59. The highest BCUT2D eigenvalue weighted by molar-refractivity contribution is 7.18. The molecule has 0 aliphatic carbocycles. The molecule has 1 aromatic heterocycles. The van der Waals surface area contributed by atoms with Gasteiger partial charge in [-0.25, -0.2) is 4.79 Å². The van der Waals surface area contributed by atoms with Crippen molar-refractivity contribution in [2.75, 3.05) is 18.4 Å². The van der Waals surface area contributed by atoms with Crippen LogP contribution >= 0.6 is 11.3 Å². The van der Waals surface area contributed by atoms with Crippen LogP contribution in [0.1, 0.15) is 32.8 Å². The van der Waals surface area contributed by atoms with Crippen molar-refractivity contribution in [3.05, 3.63) is 66.2 Å². The molecule has 0 bridgehead atoms. The van der Waals surface area contributed by atoms with Crippen molar-refractivity contribution in [3.63, 3.8) is 0 Å². The highest BCUT2D eigenvalue weighted by atomic mass is 32.1. The fraction of sp³-hybridized carbons (Fsp3) is 0.333. The molecule has 0 aliphatic heterocycles. The van der Waals surface area contributed by atoms with Gasteiger partial charge < -0.3 is 15.5 Å². The summed E-state index contributed by atoms with van der Waals surface area (Å²) in [5.41, 5.74) is 1.74. The summed E-state index contributed by atoms with van der Waals surface area (Å²) in [5, 5.41) is 15.2. The van der Waals surface area contributed by atoms with Crippen LogP contribution in [0.2, 0.25) is 0 Å². The highest BCUT2D eigenvalue weighted by Crippen LogP contribution is 2.25. The first-order valence-corrected chi connectivity index (χ1v) is 11.4. The number of rotatable bonds is 8. The molecule has 0 radical (unpaired) electrons. The fourth-order valence-electron chi connectivity index (χ4n) is 3.01. The lowest BCUT2D eigenvalue weighted by Crippen LogP contribution is -2.49. The molecule has 0 atom stereocenters. The van der Waals surface area contributed by atoms with E-state index in [1.54, 1.807) is 4.90 Å². The number of carbonyl (C=O) groups is 2. The van der Waals surface area contributed by atoms with Crippen molar-refractivity contribution >= 4 is 28.4 Å². The quantitative estimate of drug-likeness (QED) is 0.525. The Hall–Kier alpha value is -3.26. The summed E-state index contributed by atoms with van der Waals surface area (Å²) in [6.45, 7) is 6.65. The van der Waals surface area contributed by atoms with Crippen LogP contribution in [0, 0.1) is 0 Å². The molecule has 8 heteroatoms. The number of carbonyl (C=O) groups excluding carboxylic acids is 2. The van der Waals surface area contributed by atoms with Crippen molar-refractivity contribution in [2.45, 2.75) is 39.2 Å². The zero-order valence-corrected chi connectivity index (χ0v) is 19.5. The number of aromatic nitrogens is 2. The fourth-order valence-corrected chi connectivity index (χ4v) is 3.78. The first-order chi connectivity index (χ1) is 15.3. The van der Waals surface area contributed by atoms with Gasteiger partial charge in [-0.1, -0.05) is 72.0 Å². The number of urea groups is 1. The topological polar surface area (TPSA) is 87.2 Å². The van der Waals surface area contributed by atoms with E-state index in [-0.39, 0.29) is 23.9 Å². The summed E-state index contributed by atoms with van der Waals surface area (Å²) < 4.78 is 0. The van der Waals surface area contributed by atoms with Crippen molar-refractivity contribution in [1.82, 2.24) is 20.4 Å². The van der Waals surface area contributed by atoms with Crippen LogP contribution in [0.5, 0.6) is 0 Å². The molecular weight excluding hydrogens is 422 g/mol.